The fourth-order valence-electron chi connectivity index (χ4n) is 2.99. The smallest absolute Gasteiger partial charge is 0.338 e. The number of benzene rings is 1. The van der Waals surface area contributed by atoms with E-state index in [0.29, 0.717) is 18.6 Å². The van der Waals surface area contributed by atoms with Gasteiger partial charge in [0.2, 0.25) is 0 Å². The Hall–Kier alpha value is -1.91. The number of ether oxygens (including phenoxy) is 1. The lowest BCUT2D eigenvalue weighted by molar-refractivity contribution is -0.130. The molecule has 0 saturated heterocycles. The summed E-state index contributed by atoms with van der Waals surface area (Å²) in [6.45, 7) is 2.09. The van der Waals surface area contributed by atoms with Crippen molar-refractivity contribution in [3.63, 3.8) is 0 Å². The highest BCUT2D eigenvalue weighted by Gasteiger charge is 2.32. The lowest BCUT2D eigenvalue weighted by Crippen LogP contribution is -2.32. The summed E-state index contributed by atoms with van der Waals surface area (Å²) in [4.78, 5) is 23.3. The molecule has 2 rings (SSSR count). The Bertz CT molecular complexity index is 501. The fraction of sp³-hybridized carbons (Fsp3) is 0.500. The van der Waals surface area contributed by atoms with E-state index in [9.17, 15) is 14.1 Å². The van der Waals surface area contributed by atoms with E-state index >= 15 is 0 Å². The highest BCUT2D eigenvalue weighted by Crippen LogP contribution is 2.38. The summed E-state index contributed by atoms with van der Waals surface area (Å²) in [7, 11) is 0. The first-order valence-electron chi connectivity index (χ1n) is 7.35. The van der Waals surface area contributed by atoms with E-state index in [4.69, 9.17) is 4.74 Å². The van der Waals surface area contributed by atoms with Crippen LogP contribution in [0.5, 0.6) is 0 Å². The Morgan fingerprint density at radius 1 is 1.24 bits per heavy atom. The number of hydrogen-bond acceptors (Lipinski definition) is 3. The van der Waals surface area contributed by atoms with Gasteiger partial charge in [-0.2, -0.15) is 5.54 Å². The molecule has 1 aromatic carbocycles. The number of hydrogen-bond donors (Lipinski definition) is 1. The molecule has 1 aliphatic rings. The maximum Gasteiger partial charge on any atom is 0.338 e. The lowest BCUT2D eigenvalue weighted by atomic mass is 9.75. The predicted octanol–water partition coefficient (Wildman–Crippen LogP) is 3.14. The Labute approximate surface area is 123 Å². The molecule has 0 radical (unpaired) electrons. The third-order valence-electron chi connectivity index (χ3n) is 4.05. The minimum absolute atomic E-state index is 0.00532. The number of amides is 1. The van der Waals surface area contributed by atoms with Crippen LogP contribution in [0, 0.1) is 5.92 Å². The van der Waals surface area contributed by atoms with E-state index in [1.54, 1.807) is 19.1 Å². The molecule has 1 fully saturated rings. The van der Waals surface area contributed by atoms with Crippen LogP contribution in [0.4, 0.5) is 4.48 Å². The molecule has 5 heteroatoms. The average molecular weight is 293 g/mol. The Balaban J connectivity index is 2.16. The van der Waals surface area contributed by atoms with Crippen LogP contribution >= 0.6 is 0 Å². The van der Waals surface area contributed by atoms with Gasteiger partial charge in [0.25, 0.3) is 5.91 Å². The van der Waals surface area contributed by atoms with E-state index in [0.717, 1.165) is 24.8 Å². The molecule has 2 unspecified atom stereocenters. The summed E-state index contributed by atoms with van der Waals surface area (Å²) >= 11 is 0. The van der Waals surface area contributed by atoms with Crippen molar-refractivity contribution in [3.8, 4) is 0 Å². The van der Waals surface area contributed by atoms with Gasteiger partial charge in [-0.3, -0.25) is 4.79 Å². The molecule has 4 nitrogen and oxygen atoms in total. The summed E-state index contributed by atoms with van der Waals surface area (Å²) < 4.78 is 17.4. The van der Waals surface area contributed by atoms with Gasteiger partial charge in [-0.15, -0.1) is 4.48 Å². The van der Waals surface area contributed by atoms with Crippen molar-refractivity contribution in [3.05, 3.63) is 35.4 Å². The molecule has 0 aliphatic heterocycles. The fourth-order valence-corrected chi connectivity index (χ4v) is 2.99. The quantitative estimate of drug-likeness (QED) is 0.685. The van der Waals surface area contributed by atoms with E-state index in [-0.39, 0.29) is 17.8 Å². The van der Waals surface area contributed by atoms with Crippen LogP contribution in [0.15, 0.2) is 24.3 Å². The van der Waals surface area contributed by atoms with Crippen LogP contribution in [0.2, 0.25) is 0 Å². The topological polar surface area (TPSA) is 55.4 Å². The second-order valence-corrected chi connectivity index (χ2v) is 5.30. The van der Waals surface area contributed by atoms with E-state index in [1.807, 2.05) is 12.1 Å². The first kappa shape index (κ1) is 15.5. The molecule has 1 N–H and O–H groups in total. The Morgan fingerprint density at radius 3 is 2.52 bits per heavy atom. The molecule has 0 heterocycles. The zero-order chi connectivity index (χ0) is 15.2. The van der Waals surface area contributed by atoms with Gasteiger partial charge < -0.3 is 4.74 Å². The van der Waals surface area contributed by atoms with Crippen molar-refractivity contribution >= 4 is 11.9 Å². The van der Waals surface area contributed by atoms with Gasteiger partial charge in [-0.25, -0.2) is 4.79 Å². The van der Waals surface area contributed by atoms with Crippen molar-refractivity contribution in [1.29, 1.82) is 0 Å². The summed E-state index contributed by atoms with van der Waals surface area (Å²) in [6.07, 6.45) is 3.52. The van der Waals surface area contributed by atoms with Crippen LogP contribution in [0.3, 0.4) is 0 Å². The standard InChI is InChI=1S/C16H20FNO3/c1-2-21-16(20)12-9-7-11(8-10-12)13-5-3-4-6-14(13)15(19)18-17/h7-10,13-14H,2-6H2,1H3,(H,18,19). The minimum Gasteiger partial charge on any atom is -0.462 e. The summed E-state index contributed by atoms with van der Waals surface area (Å²) in [5, 5.41) is 0. The van der Waals surface area contributed by atoms with E-state index in [2.05, 4.69) is 0 Å². The second-order valence-electron chi connectivity index (χ2n) is 5.30. The number of carbonyl (C=O) groups excluding carboxylic acids is 2. The van der Waals surface area contributed by atoms with Crippen molar-refractivity contribution in [2.45, 2.75) is 38.5 Å². The number of esters is 1. The van der Waals surface area contributed by atoms with Gasteiger partial charge in [-0.1, -0.05) is 25.0 Å². The van der Waals surface area contributed by atoms with Crippen LogP contribution < -0.4 is 5.54 Å². The molecule has 2 atom stereocenters. The van der Waals surface area contributed by atoms with Gasteiger partial charge in [-0.05, 0) is 43.4 Å². The molecule has 1 aromatic rings. The molecule has 0 spiro atoms. The van der Waals surface area contributed by atoms with Crippen LogP contribution in [0.1, 0.15) is 54.4 Å². The average Bonchev–Trinajstić information content (AvgIpc) is 2.54. The summed E-state index contributed by atoms with van der Waals surface area (Å²) in [5.74, 6) is -1.23. The maximum atomic E-state index is 12.5. The number of nitrogens with one attached hydrogen (secondary N) is 1. The molecule has 0 bridgehead atoms. The monoisotopic (exact) mass is 293 g/mol. The largest absolute Gasteiger partial charge is 0.462 e. The molecule has 114 valence electrons. The maximum absolute atomic E-state index is 12.5. The lowest BCUT2D eigenvalue weighted by Gasteiger charge is -2.30. The minimum atomic E-state index is -0.547. The molecule has 1 amide bonds. The SMILES string of the molecule is CCOC(=O)c1ccc(C2CCCCC2C(=O)NF)cc1. The molecule has 1 aliphatic carbocycles. The number of carbonyl (C=O) groups is 2. The summed E-state index contributed by atoms with van der Waals surface area (Å²) in [6, 6.07) is 7.07. The normalized spacial score (nSPS) is 21.6. The van der Waals surface area contributed by atoms with Crippen LogP contribution in [-0.4, -0.2) is 18.5 Å². The second kappa shape index (κ2) is 7.20. The van der Waals surface area contributed by atoms with Crippen LogP contribution in [-0.2, 0) is 9.53 Å². The van der Waals surface area contributed by atoms with Crippen molar-refractivity contribution in [2.24, 2.45) is 5.92 Å². The number of halogens is 1. The van der Waals surface area contributed by atoms with Crippen LogP contribution in [0.25, 0.3) is 0 Å². The highest BCUT2D eigenvalue weighted by molar-refractivity contribution is 5.89. The molecular formula is C16H20FNO3. The third kappa shape index (κ3) is 3.60. The summed E-state index contributed by atoms with van der Waals surface area (Å²) in [5.41, 5.74) is 2.73. The van der Waals surface area contributed by atoms with Crippen molar-refractivity contribution in [2.75, 3.05) is 6.61 Å². The van der Waals surface area contributed by atoms with Gasteiger partial charge in [0.05, 0.1) is 12.2 Å². The van der Waals surface area contributed by atoms with Crippen molar-refractivity contribution < 1.29 is 18.8 Å². The van der Waals surface area contributed by atoms with Gasteiger partial charge in [0.1, 0.15) is 0 Å². The van der Waals surface area contributed by atoms with E-state index in [1.165, 1.54) is 5.54 Å². The highest BCUT2D eigenvalue weighted by atomic mass is 19.2. The zero-order valence-corrected chi connectivity index (χ0v) is 12.1. The molecular weight excluding hydrogens is 273 g/mol. The molecule has 0 aromatic heterocycles. The van der Waals surface area contributed by atoms with Crippen molar-refractivity contribution in [1.82, 2.24) is 5.54 Å². The van der Waals surface area contributed by atoms with E-state index < -0.39 is 5.91 Å². The molecule has 21 heavy (non-hydrogen) atoms. The molecule has 1 saturated carbocycles. The van der Waals surface area contributed by atoms with Gasteiger partial charge >= 0.3 is 5.97 Å². The third-order valence-corrected chi connectivity index (χ3v) is 4.05. The first-order chi connectivity index (χ1) is 10.2. The predicted molar refractivity (Wildman–Crippen MR) is 76.3 cm³/mol. The number of rotatable bonds is 4. The first-order valence-corrected chi connectivity index (χ1v) is 7.35. The Kier molecular flexibility index (Phi) is 5.31. The Morgan fingerprint density at radius 2 is 1.90 bits per heavy atom. The van der Waals surface area contributed by atoms with Gasteiger partial charge in [0, 0.05) is 5.92 Å². The van der Waals surface area contributed by atoms with Gasteiger partial charge in [0.15, 0.2) is 0 Å². The zero-order valence-electron chi connectivity index (χ0n) is 12.1.